The molecular formula is C24H32FN3O5S. The quantitative estimate of drug-likeness (QED) is 0.580. The molecule has 0 heterocycles. The van der Waals surface area contributed by atoms with E-state index in [-0.39, 0.29) is 18.0 Å². The zero-order valence-electron chi connectivity index (χ0n) is 20.3. The number of nitrogens with zero attached hydrogens (tertiary/aromatic N) is 2. The van der Waals surface area contributed by atoms with Crippen molar-refractivity contribution >= 4 is 27.5 Å². The van der Waals surface area contributed by atoms with Crippen LogP contribution >= 0.6 is 0 Å². The molecule has 1 atom stereocenters. The molecule has 2 amide bonds. The van der Waals surface area contributed by atoms with Crippen LogP contribution < -0.4 is 14.4 Å². The minimum absolute atomic E-state index is 0.0125. The van der Waals surface area contributed by atoms with Crippen LogP contribution in [0.4, 0.5) is 10.1 Å². The first-order valence-corrected chi connectivity index (χ1v) is 12.5. The number of benzene rings is 2. The van der Waals surface area contributed by atoms with Crippen LogP contribution in [0.15, 0.2) is 48.5 Å². The summed E-state index contributed by atoms with van der Waals surface area (Å²) in [6.07, 6.45) is 0.993. The topological polar surface area (TPSA) is 96.0 Å². The molecule has 0 aromatic heterocycles. The van der Waals surface area contributed by atoms with E-state index in [2.05, 4.69) is 5.32 Å². The van der Waals surface area contributed by atoms with Crippen LogP contribution in [0.3, 0.4) is 0 Å². The number of amides is 2. The maximum Gasteiger partial charge on any atom is 0.244 e. The van der Waals surface area contributed by atoms with Gasteiger partial charge in [-0.15, -0.1) is 0 Å². The molecule has 0 saturated carbocycles. The smallest absolute Gasteiger partial charge is 0.244 e. The van der Waals surface area contributed by atoms with Crippen LogP contribution in [-0.2, 0) is 26.2 Å². The maximum absolute atomic E-state index is 13.5. The molecule has 0 bridgehead atoms. The molecule has 186 valence electrons. The predicted molar refractivity (Wildman–Crippen MR) is 129 cm³/mol. The summed E-state index contributed by atoms with van der Waals surface area (Å²) < 4.78 is 44.9. The zero-order chi connectivity index (χ0) is 25.7. The number of sulfonamides is 1. The van der Waals surface area contributed by atoms with E-state index < -0.39 is 45.8 Å². The van der Waals surface area contributed by atoms with Crippen molar-refractivity contribution in [1.29, 1.82) is 0 Å². The minimum Gasteiger partial charge on any atom is -0.495 e. The first-order valence-electron chi connectivity index (χ1n) is 10.7. The fourth-order valence-electron chi connectivity index (χ4n) is 3.27. The molecule has 0 aliphatic carbocycles. The SMILES string of the molecule is COc1ccccc1N(CC(=O)N(Cc1ccc(F)cc1)C(C)C(=O)NC(C)(C)C)S(C)(=O)=O. The molecule has 10 heteroatoms. The Labute approximate surface area is 200 Å². The van der Waals surface area contributed by atoms with Gasteiger partial charge in [0.1, 0.15) is 24.2 Å². The van der Waals surface area contributed by atoms with Crippen LogP contribution in [-0.4, -0.2) is 56.6 Å². The van der Waals surface area contributed by atoms with Gasteiger partial charge in [-0.05, 0) is 57.5 Å². The summed E-state index contributed by atoms with van der Waals surface area (Å²) in [5.41, 5.74) is 0.259. The highest BCUT2D eigenvalue weighted by atomic mass is 32.2. The van der Waals surface area contributed by atoms with Gasteiger partial charge in [0.25, 0.3) is 0 Å². The van der Waals surface area contributed by atoms with Gasteiger partial charge in [-0.1, -0.05) is 24.3 Å². The lowest BCUT2D eigenvalue weighted by Crippen LogP contribution is -2.54. The number of halogens is 1. The number of carbonyl (C=O) groups excluding carboxylic acids is 2. The van der Waals surface area contributed by atoms with E-state index in [1.54, 1.807) is 25.1 Å². The van der Waals surface area contributed by atoms with Crippen LogP contribution in [0.2, 0.25) is 0 Å². The second kappa shape index (κ2) is 10.9. The lowest BCUT2D eigenvalue weighted by Gasteiger charge is -2.33. The van der Waals surface area contributed by atoms with Crippen molar-refractivity contribution in [2.75, 3.05) is 24.2 Å². The van der Waals surface area contributed by atoms with Gasteiger partial charge in [0.15, 0.2) is 0 Å². The lowest BCUT2D eigenvalue weighted by molar-refractivity contribution is -0.140. The second-order valence-corrected chi connectivity index (χ2v) is 10.9. The molecule has 0 aliphatic heterocycles. The van der Waals surface area contributed by atoms with Gasteiger partial charge in [0.2, 0.25) is 21.8 Å². The summed E-state index contributed by atoms with van der Waals surface area (Å²) in [5.74, 6) is -1.15. The highest BCUT2D eigenvalue weighted by Gasteiger charge is 2.32. The third kappa shape index (κ3) is 7.44. The number of hydrogen-bond donors (Lipinski definition) is 1. The molecule has 1 N–H and O–H groups in total. The summed E-state index contributed by atoms with van der Waals surface area (Å²) in [4.78, 5) is 27.6. The molecule has 0 radical (unpaired) electrons. The Kier molecular flexibility index (Phi) is 8.66. The number of rotatable bonds is 9. The molecule has 0 aliphatic rings. The summed E-state index contributed by atoms with van der Waals surface area (Å²) in [6.45, 7) is 6.45. The Balaban J connectivity index is 2.43. The maximum atomic E-state index is 13.5. The van der Waals surface area contributed by atoms with E-state index in [0.29, 0.717) is 5.56 Å². The van der Waals surface area contributed by atoms with Crippen molar-refractivity contribution in [1.82, 2.24) is 10.2 Å². The molecule has 0 saturated heterocycles. The Morgan fingerprint density at radius 3 is 2.21 bits per heavy atom. The van der Waals surface area contributed by atoms with Crippen molar-refractivity contribution in [2.24, 2.45) is 0 Å². The average molecular weight is 494 g/mol. The molecule has 0 fully saturated rings. The Bertz CT molecular complexity index is 1110. The number of methoxy groups -OCH3 is 1. The molecule has 8 nitrogen and oxygen atoms in total. The van der Waals surface area contributed by atoms with Crippen LogP contribution in [0.5, 0.6) is 5.75 Å². The standard InChI is InChI=1S/C24H32FN3O5S/c1-17(23(30)26-24(2,3)4)27(15-18-11-13-19(25)14-12-18)22(29)16-28(34(6,31)32)20-9-7-8-10-21(20)33-5/h7-14,17H,15-16H2,1-6H3,(H,26,30). The molecular weight excluding hydrogens is 461 g/mol. The lowest BCUT2D eigenvalue weighted by atomic mass is 10.1. The average Bonchev–Trinajstić information content (AvgIpc) is 2.74. The normalized spacial score (nSPS) is 12.6. The van der Waals surface area contributed by atoms with E-state index >= 15 is 0 Å². The molecule has 1 unspecified atom stereocenters. The first kappa shape index (κ1) is 27.1. The van der Waals surface area contributed by atoms with Gasteiger partial charge in [-0.25, -0.2) is 12.8 Å². The third-order valence-corrected chi connectivity index (χ3v) is 6.09. The van der Waals surface area contributed by atoms with Crippen molar-refractivity contribution in [3.63, 3.8) is 0 Å². The van der Waals surface area contributed by atoms with E-state index in [1.807, 2.05) is 20.8 Å². The highest BCUT2D eigenvalue weighted by Crippen LogP contribution is 2.29. The van der Waals surface area contributed by atoms with E-state index in [9.17, 15) is 22.4 Å². The summed E-state index contributed by atoms with van der Waals surface area (Å²) >= 11 is 0. The summed E-state index contributed by atoms with van der Waals surface area (Å²) in [7, 11) is -2.47. The van der Waals surface area contributed by atoms with Crippen molar-refractivity contribution in [3.8, 4) is 5.75 Å². The van der Waals surface area contributed by atoms with Crippen molar-refractivity contribution in [2.45, 2.75) is 45.8 Å². The predicted octanol–water partition coefficient (Wildman–Crippen LogP) is 2.93. The molecule has 34 heavy (non-hydrogen) atoms. The monoisotopic (exact) mass is 493 g/mol. The largest absolute Gasteiger partial charge is 0.495 e. The van der Waals surface area contributed by atoms with Crippen LogP contribution in [0.25, 0.3) is 0 Å². The van der Waals surface area contributed by atoms with Gasteiger partial charge in [-0.3, -0.25) is 13.9 Å². The Morgan fingerprint density at radius 1 is 1.09 bits per heavy atom. The van der Waals surface area contributed by atoms with Gasteiger partial charge >= 0.3 is 0 Å². The molecule has 0 spiro atoms. The van der Waals surface area contributed by atoms with Crippen molar-refractivity contribution < 1.29 is 27.1 Å². The first-order chi connectivity index (χ1) is 15.7. The number of para-hydroxylation sites is 2. The number of nitrogens with one attached hydrogen (secondary N) is 1. The number of ether oxygens (including phenoxy) is 1. The fourth-order valence-corrected chi connectivity index (χ4v) is 4.13. The van der Waals surface area contributed by atoms with Gasteiger partial charge < -0.3 is 15.0 Å². The number of carbonyl (C=O) groups is 2. The zero-order valence-corrected chi connectivity index (χ0v) is 21.1. The summed E-state index contributed by atoms with van der Waals surface area (Å²) in [6, 6.07) is 11.1. The van der Waals surface area contributed by atoms with Gasteiger partial charge in [-0.2, -0.15) is 0 Å². The van der Waals surface area contributed by atoms with Gasteiger partial charge in [0, 0.05) is 12.1 Å². The van der Waals surface area contributed by atoms with E-state index in [0.717, 1.165) is 10.6 Å². The van der Waals surface area contributed by atoms with Gasteiger partial charge in [0.05, 0.1) is 19.1 Å². The number of anilines is 1. The molecule has 2 aromatic rings. The fraction of sp³-hybridized carbons (Fsp3) is 0.417. The third-order valence-electron chi connectivity index (χ3n) is 4.96. The van der Waals surface area contributed by atoms with Crippen LogP contribution in [0, 0.1) is 5.82 Å². The second-order valence-electron chi connectivity index (χ2n) is 9.00. The highest BCUT2D eigenvalue weighted by molar-refractivity contribution is 7.92. The number of hydrogen-bond acceptors (Lipinski definition) is 5. The Morgan fingerprint density at radius 2 is 1.68 bits per heavy atom. The van der Waals surface area contributed by atoms with Crippen molar-refractivity contribution in [3.05, 3.63) is 59.9 Å². The molecule has 2 rings (SSSR count). The summed E-state index contributed by atoms with van der Waals surface area (Å²) in [5, 5.41) is 2.84. The van der Waals surface area contributed by atoms with E-state index in [4.69, 9.17) is 4.74 Å². The Hall–Kier alpha value is -3.14. The molecule has 2 aromatic carbocycles. The van der Waals surface area contributed by atoms with E-state index in [1.165, 1.54) is 42.3 Å². The minimum atomic E-state index is -3.88. The van der Waals surface area contributed by atoms with Crippen LogP contribution in [0.1, 0.15) is 33.3 Å².